The van der Waals surface area contributed by atoms with E-state index in [9.17, 15) is 4.79 Å². The second kappa shape index (κ2) is 6.68. The van der Waals surface area contributed by atoms with Crippen molar-refractivity contribution in [2.75, 3.05) is 25.1 Å². The van der Waals surface area contributed by atoms with Crippen molar-refractivity contribution in [3.8, 4) is 0 Å². The molecule has 0 saturated carbocycles. The maximum atomic E-state index is 12.3. The Balaban J connectivity index is 2.04. The third kappa shape index (κ3) is 3.33. The fraction of sp³-hybridized carbons (Fsp3) is 0.533. The molecule has 2 N–H and O–H groups in total. The average molecular weight is 262 g/mol. The summed E-state index contributed by atoms with van der Waals surface area (Å²) in [6.07, 6.45) is 0.911. The highest BCUT2D eigenvalue weighted by atomic mass is 16.5. The van der Waals surface area contributed by atoms with E-state index in [1.165, 1.54) is 0 Å². The minimum Gasteiger partial charge on any atom is -0.379 e. The highest BCUT2D eigenvalue weighted by molar-refractivity contribution is 5.94. The Labute approximate surface area is 114 Å². The summed E-state index contributed by atoms with van der Waals surface area (Å²) in [5, 5.41) is 6.34. The third-order valence-electron chi connectivity index (χ3n) is 3.54. The Kier molecular flexibility index (Phi) is 4.93. The van der Waals surface area contributed by atoms with Crippen LogP contribution in [-0.4, -0.2) is 31.7 Å². The molecular weight excluding hydrogens is 240 g/mol. The zero-order valence-electron chi connectivity index (χ0n) is 11.6. The molecule has 1 amide bonds. The Hall–Kier alpha value is -1.39. The third-order valence-corrected chi connectivity index (χ3v) is 3.54. The predicted octanol–water partition coefficient (Wildman–Crippen LogP) is 1.81. The Morgan fingerprint density at radius 2 is 2.11 bits per heavy atom. The molecule has 1 aromatic rings. The first-order chi connectivity index (χ1) is 9.26. The van der Waals surface area contributed by atoms with Gasteiger partial charge in [0.1, 0.15) is 0 Å². The zero-order valence-corrected chi connectivity index (χ0v) is 11.6. The van der Waals surface area contributed by atoms with Crippen molar-refractivity contribution < 1.29 is 9.53 Å². The van der Waals surface area contributed by atoms with E-state index in [0.29, 0.717) is 13.2 Å². The molecule has 1 aromatic carbocycles. The lowest BCUT2D eigenvalue weighted by atomic mass is 10.0. The first-order valence-electron chi connectivity index (χ1n) is 6.96. The van der Waals surface area contributed by atoms with Gasteiger partial charge in [-0.3, -0.25) is 4.79 Å². The van der Waals surface area contributed by atoms with Gasteiger partial charge < -0.3 is 15.4 Å². The molecule has 1 fully saturated rings. The van der Waals surface area contributed by atoms with Crippen LogP contribution in [0.4, 0.5) is 5.69 Å². The van der Waals surface area contributed by atoms with Crippen molar-refractivity contribution in [2.24, 2.45) is 5.92 Å². The van der Waals surface area contributed by atoms with Crippen LogP contribution in [0, 0.1) is 5.92 Å². The molecule has 19 heavy (non-hydrogen) atoms. The molecule has 0 aromatic heterocycles. The number of likely N-dealkylation sites (N-methyl/N-ethyl adjacent to an activating group) is 1. The second-order valence-corrected chi connectivity index (χ2v) is 4.81. The Morgan fingerprint density at radius 3 is 2.84 bits per heavy atom. The summed E-state index contributed by atoms with van der Waals surface area (Å²) in [6.45, 7) is 6.09. The lowest BCUT2D eigenvalue weighted by molar-refractivity contribution is -0.120. The lowest BCUT2D eigenvalue weighted by Crippen LogP contribution is -2.41. The molecule has 1 saturated heterocycles. The first kappa shape index (κ1) is 14.0. The number of rotatable bonds is 5. The van der Waals surface area contributed by atoms with E-state index in [0.717, 1.165) is 24.2 Å². The van der Waals surface area contributed by atoms with Gasteiger partial charge in [-0.15, -0.1) is 0 Å². The summed E-state index contributed by atoms with van der Waals surface area (Å²) in [5.74, 6) is -0.0609. The Bertz CT molecular complexity index is 434. The number of para-hydroxylation sites is 1. The monoisotopic (exact) mass is 262 g/mol. The molecule has 2 atom stereocenters. The highest BCUT2D eigenvalue weighted by Gasteiger charge is 2.33. The van der Waals surface area contributed by atoms with E-state index in [1.807, 2.05) is 31.2 Å². The van der Waals surface area contributed by atoms with Crippen molar-refractivity contribution in [3.63, 3.8) is 0 Å². The molecule has 1 aliphatic rings. The quantitative estimate of drug-likeness (QED) is 0.851. The van der Waals surface area contributed by atoms with Gasteiger partial charge in [0.2, 0.25) is 5.91 Å². The van der Waals surface area contributed by atoms with E-state index in [-0.39, 0.29) is 17.9 Å². The van der Waals surface area contributed by atoms with Crippen LogP contribution in [0.3, 0.4) is 0 Å². The molecule has 0 aliphatic carbocycles. The molecule has 1 heterocycles. The van der Waals surface area contributed by atoms with Gasteiger partial charge in [0.15, 0.2) is 0 Å². The van der Waals surface area contributed by atoms with Crippen LogP contribution in [0.2, 0.25) is 0 Å². The number of benzene rings is 1. The molecule has 0 spiro atoms. The van der Waals surface area contributed by atoms with Crippen LogP contribution < -0.4 is 10.6 Å². The largest absolute Gasteiger partial charge is 0.379 e. The van der Waals surface area contributed by atoms with Crippen molar-refractivity contribution >= 4 is 11.6 Å². The van der Waals surface area contributed by atoms with Crippen molar-refractivity contribution in [3.05, 3.63) is 29.8 Å². The summed E-state index contributed by atoms with van der Waals surface area (Å²) in [7, 11) is 0. The van der Waals surface area contributed by atoms with Gasteiger partial charge in [-0.05, 0) is 24.6 Å². The summed E-state index contributed by atoms with van der Waals surface area (Å²) in [4.78, 5) is 12.3. The van der Waals surface area contributed by atoms with E-state index < -0.39 is 0 Å². The van der Waals surface area contributed by atoms with Gasteiger partial charge in [-0.1, -0.05) is 32.0 Å². The van der Waals surface area contributed by atoms with Crippen LogP contribution in [0.5, 0.6) is 0 Å². The highest BCUT2D eigenvalue weighted by Crippen LogP contribution is 2.20. The SMILES string of the molecule is CCNC1COCC1C(=O)Nc1ccccc1CC. The van der Waals surface area contributed by atoms with Crippen LogP contribution in [-0.2, 0) is 16.0 Å². The van der Waals surface area contributed by atoms with Gasteiger partial charge >= 0.3 is 0 Å². The minimum atomic E-state index is -0.107. The number of carbonyl (C=O) groups is 1. The van der Waals surface area contributed by atoms with Crippen LogP contribution in [0.25, 0.3) is 0 Å². The van der Waals surface area contributed by atoms with Crippen LogP contribution in [0.1, 0.15) is 19.4 Å². The van der Waals surface area contributed by atoms with E-state index in [2.05, 4.69) is 17.6 Å². The van der Waals surface area contributed by atoms with Crippen molar-refractivity contribution in [1.82, 2.24) is 5.32 Å². The standard InChI is InChI=1S/C15H22N2O2/c1-3-11-7-5-6-8-13(11)17-15(18)12-9-19-10-14(12)16-4-2/h5-8,12,14,16H,3-4,9-10H2,1-2H3,(H,17,18). The molecule has 4 nitrogen and oxygen atoms in total. The molecule has 1 aliphatic heterocycles. The topological polar surface area (TPSA) is 50.4 Å². The normalized spacial score (nSPS) is 22.4. The number of amides is 1. The van der Waals surface area contributed by atoms with Crippen molar-refractivity contribution in [1.29, 1.82) is 0 Å². The minimum absolute atomic E-state index is 0.0457. The lowest BCUT2D eigenvalue weighted by Gasteiger charge is -2.18. The number of hydrogen-bond donors (Lipinski definition) is 2. The van der Waals surface area contributed by atoms with Crippen LogP contribution in [0.15, 0.2) is 24.3 Å². The van der Waals surface area contributed by atoms with Gasteiger partial charge in [0.25, 0.3) is 0 Å². The van der Waals surface area contributed by atoms with Crippen LogP contribution >= 0.6 is 0 Å². The molecular formula is C15H22N2O2. The fourth-order valence-corrected chi connectivity index (χ4v) is 2.45. The summed E-state index contributed by atoms with van der Waals surface area (Å²) in [5.41, 5.74) is 2.08. The maximum absolute atomic E-state index is 12.3. The predicted molar refractivity (Wildman–Crippen MR) is 76.2 cm³/mol. The average Bonchev–Trinajstić information content (AvgIpc) is 2.88. The van der Waals surface area contributed by atoms with E-state index in [1.54, 1.807) is 0 Å². The number of nitrogens with one attached hydrogen (secondary N) is 2. The summed E-state index contributed by atoms with van der Waals surface area (Å²) >= 11 is 0. The van der Waals surface area contributed by atoms with E-state index in [4.69, 9.17) is 4.74 Å². The zero-order chi connectivity index (χ0) is 13.7. The Morgan fingerprint density at radius 1 is 1.32 bits per heavy atom. The number of ether oxygens (including phenoxy) is 1. The van der Waals surface area contributed by atoms with Crippen molar-refractivity contribution in [2.45, 2.75) is 26.3 Å². The molecule has 4 heteroatoms. The summed E-state index contributed by atoms with van der Waals surface area (Å²) < 4.78 is 5.41. The fourth-order valence-electron chi connectivity index (χ4n) is 2.45. The number of aryl methyl sites for hydroxylation is 1. The summed E-state index contributed by atoms with van der Waals surface area (Å²) in [6, 6.07) is 8.06. The molecule has 0 bridgehead atoms. The number of hydrogen-bond acceptors (Lipinski definition) is 3. The first-order valence-corrected chi connectivity index (χ1v) is 6.96. The number of carbonyl (C=O) groups excluding carboxylic acids is 1. The molecule has 104 valence electrons. The maximum Gasteiger partial charge on any atom is 0.231 e. The second-order valence-electron chi connectivity index (χ2n) is 4.81. The number of anilines is 1. The van der Waals surface area contributed by atoms with Gasteiger partial charge in [0, 0.05) is 11.7 Å². The molecule has 2 rings (SSSR count). The smallest absolute Gasteiger partial charge is 0.231 e. The van der Waals surface area contributed by atoms with E-state index >= 15 is 0 Å². The van der Waals surface area contributed by atoms with Gasteiger partial charge in [0.05, 0.1) is 19.1 Å². The van der Waals surface area contributed by atoms with Gasteiger partial charge in [-0.2, -0.15) is 0 Å². The van der Waals surface area contributed by atoms with Gasteiger partial charge in [-0.25, -0.2) is 0 Å². The molecule has 0 radical (unpaired) electrons. The molecule has 2 unspecified atom stereocenters.